The van der Waals surface area contributed by atoms with Crippen LogP contribution in [0.1, 0.15) is 5.56 Å². The molecule has 11 heteroatoms. The molecule has 2 aromatic heterocycles. The van der Waals surface area contributed by atoms with Gasteiger partial charge in [-0.3, -0.25) is 4.79 Å². The minimum absolute atomic E-state index is 0.105. The summed E-state index contributed by atoms with van der Waals surface area (Å²) >= 11 is 0. The van der Waals surface area contributed by atoms with Crippen molar-refractivity contribution in [2.45, 2.75) is 6.18 Å². The number of nitrogens with one attached hydrogen (secondary N) is 1. The number of ether oxygens (including phenoxy) is 1. The number of nitrogens with zero attached hydrogens (tertiary/aromatic N) is 3. The van der Waals surface area contributed by atoms with Crippen LogP contribution in [0.5, 0.6) is 11.5 Å². The fourth-order valence-corrected chi connectivity index (χ4v) is 3.64. The van der Waals surface area contributed by atoms with Crippen molar-refractivity contribution in [2.24, 2.45) is 0 Å². The van der Waals surface area contributed by atoms with Gasteiger partial charge in [-0.05, 0) is 42.5 Å². The number of aromatic nitrogens is 4. The Labute approximate surface area is 200 Å². The molecule has 8 nitrogen and oxygen atoms in total. The second-order valence-electron chi connectivity index (χ2n) is 7.72. The predicted octanol–water partition coefficient (Wildman–Crippen LogP) is 4.53. The van der Waals surface area contributed by atoms with Crippen LogP contribution in [0.3, 0.4) is 0 Å². The van der Waals surface area contributed by atoms with Crippen molar-refractivity contribution < 1.29 is 17.9 Å². The third-order valence-electron chi connectivity index (χ3n) is 5.30. The molecule has 3 aromatic carbocycles. The number of hydrogen-bond donors (Lipinski definition) is 2. The normalized spacial score (nSPS) is 11.5. The molecule has 0 fully saturated rings. The summed E-state index contributed by atoms with van der Waals surface area (Å²) in [7, 11) is 0. The first-order valence-electron chi connectivity index (χ1n) is 10.5. The second kappa shape index (κ2) is 8.69. The third-order valence-corrected chi connectivity index (χ3v) is 5.30. The van der Waals surface area contributed by atoms with E-state index in [9.17, 15) is 22.8 Å². The number of para-hydroxylation sites is 1. The minimum atomic E-state index is -4.63. The van der Waals surface area contributed by atoms with Gasteiger partial charge in [-0.25, -0.2) is 14.3 Å². The van der Waals surface area contributed by atoms with Crippen LogP contribution in [0.4, 0.5) is 19.0 Å². The number of anilines is 1. The van der Waals surface area contributed by atoms with E-state index < -0.39 is 23.0 Å². The van der Waals surface area contributed by atoms with Crippen molar-refractivity contribution >= 4 is 16.9 Å². The average molecular weight is 491 g/mol. The van der Waals surface area contributed by atoms with Crippen LogP contribution >= 0.6 is 0 Å². The fourth-order valence-electron chi connectivity index (χ4n) is 3.64. The number of benzene rings is 3. The molecule has 180 valence electrons. The van der Waals surface area contributed by atoms with Crippen molar-refractivity contribution in [1.82, 2.24) is 19.5 Å². The Balaban J connectivity index is 1.63. The Hall–Kier alpha value is -4.93. The van der Waals surface area contributed by atoms with Gasteiger partial charge in [0.2, 0.25) is 0 Å². The van der Waals surface area contributed by atoms with Gasteiger partial charge in [0.15, 0.2) is 5.52 Å². The van der Waals surface area contributed by atoms with E-state index >= 15 is 0 Å². The highest BCUT2D eigenvalue weighted by Crippen LogP contribution is 2.31. The molecule has 0 aliphatic heterocycles. The molecule has 36 heavy (non-hydrogen) atoms. The summed E-state index contributed by atoms with van der Waals surface area (Å²) in [5.74, 6) is 0.858. The minimum Gasteiger partial charge on any atom is -0.457 e. The number of rotatable bonds is 4. The molecule has 5 aromatic rings. The zero-order valence-electron chi connectivity index (χ0n) is 18.3. The number of hydrogen-bond acceptors (Lipinski definition) is 6. The van der Waals surface area contributed by atoms with Gasteiger partial charge in [0.25, 0.3) is 5.56 Å². The van der Waals surface area contributed by atoms with Gasteiger partial charge in [-0.15, -0.1) is 0 Å². The van der Waals surface area contributed by atoms with Gasteiger partial charge < -0.3 is 15.5 Å². The van der Waals surface area contributed by atoms with Crippen LogP contribution in [0.15, 0.2) is 88.5 Å². The maximum atomic E-state index is 13.2. The van der Waals surface area contributed by atoms with Gasteiger partial charge in [0, 0.05) is 5.56 Å². The summed E-state index contributed by atoms with van der Waals surface area (Å²) in [6, 6.07) is 19.8. The van der Waals surface area contributed by atoms with Crippen molar-refractivity contribution in [3.8, 4) is 28.6 Å². The lowest BCUT2D eigenvalue weighted by Gasteiger charge is -2.13. The van der Waals surface area contributed by atoms with E-state index in [1.807, 2.05) is 18.2 Å². The van der Waals surface area contributed by atoms with Crippen LogP contribution < -0.4 is 21.7 Å². The Morgan fingerprint density at radius 1 is 0.833 bits per heavy atom. The number of alkyl halides is 3. The molecule has 0 saturated heterocycles. The number of nitrogen functional groups attached to an aromatic ring is 1. The van der Waals surface area contributed by atoms with E-state index in [0.717, 1.165) is 22.8 Å². The smallest absolute Gasteiger partial charge is 0.416 e. The molecule has 3 N–H and O–H groups in total. The molecule has 0 atom stereocenters. The van der Waals surface area contributed by atoms with Crippen molar-refractivity contribution in [3.63, 3.8) is 0 Å². The molecule has 5 rings (SSSR count). The SMILES string of the molecule is Nc1c2nc(-c3cccc(Oc4ccccc4)c3)[nH]c(=O)c2nc(=O)n1-c1cccc(C(F)(F)F)c1. The number of fused-ring (bicyclic) bond motifs is 1. The lowest BCUT2D eigenvalue weighted by Crippen LogP contribution is -2.28. The second-order valence-corrected chi connectivity index (χ2v) is 7.72. The highest BCUT2D eigenvalue weighted by molar-refractivity contribution is 5.85. The summed E-state index contributed by atoms with van der Waals surface area (Å²) in [4.78, 5) is 36.0. The zero-order valence-corrected chi connectivity index (χ0v) is 18.3. The first-order valence-corrected chi connectivity index (χ1v) is 10.5. The quantitative estimate of drug-likeness (QED) is 0.382. The predicted molar refractivity (Wildman–Crippen MR) is 127 cm³/mol. The molecular weight excluding hydrogens is 475 g/mol. The van der Waals surface area contributed by atoms with Crippen LogP contribution in [0, 0.1) is 0 Å². The maximum absolute atomic E-state index is 13.2. The molecule has 0 spiro atoms. The van der Waals surface area contributed by atoms with E-state index in [1.165, 1.54) is 6.07 Å². The average Bonchev–Trinajstić information content (AvgIpc) is 2.85. The highest BCUT2D eigenvalue weighted by Gasteiger charge is 2.31. The molecule has 2 heterocycles. The summed E-state index contributed by atoms with van der Waals surface area (Å²) in [5, 5.41) is 0. The Morgan fingerprint density at radius 2 is 1.56 bits per heavy atom. The van der Waals surface area contributed by atoms with Crippen molar-refractivity contribution in [3.05, 3.63) is 105 Å². The summed E-state index contributed by atoms with van der Waals surface area (Å²) in [6.07, 6.45) is -4.63. The van der Waals surface area contributed by atoms with Gasteiger partial charge in [0.05, 0.1) is 11.3 Å². The van der Waals surface area contributed by atoms with Crippen molar-refractivity contribution in [2.75, 3.05) is 5.73 Å². The molecule has 0 saturated carbocycles. The molecular formula is C25H16F3N5O3. The summed E-state index contributed by atoms with van der Waals surface area (Å²) in [5.41, 5.74) is 3.28. The third kappa shape index (κ3) is 4.29. The molecule has 0 amide bonds. The largest absolute Gasteiger partial charge is 0.457 e. The monoisotopic (exact) mass is 491 g/mol. The van der Waals surface area contributed by atoms with Gasteiger partial charge >= 0.3 is 11.9 Å². The molecule has 0 unspecified atom stereocenters. The number of halogens is 3. The Bertz CT molecular complexity index is 1710. The first kappa shape index (κ1) is 22.8. The maximum Gasteiger partial charge on any atom is 0.416 e. The highest BCUT2D eigenvalue weighted by atomic mass is 19.4. The number of H-pyrrole nitrogens is 1. The van der Waals surface area contributed by atoms with Crippen LogP contribution in [-0.4, -0.2) is 19.5 Å². The number of aromatic amines is 1. The summed E-state index contributed by atoms with van der Waals surface area (Å²) < 4.78 is 46.2. The van der Waals surface area contributed by atoms with E-state index in [0.29, 0.717) is 17.1 Å². The van der Waals surface area contributed by atoms with Crippen LogP contribution in [0.2, 0.25) is 0 Å². The molecule has 0 radical (unpaired) electrons. The topological polar surface area (TPSA) is 116 Å². The first-order chi connectivity index (χ1) is 17.2. The Morgan fingerprint density at radius 3 is 2.31 bits per heavy atom. The lowest BCUT2D eigenvalue weighted by atomic mass is 10.2. The van der Waals surface area contributed by atoms with Gasteiger partial charge in [-0.2, -0.15) is 18.2 Å². The van der Waals surface area contributed by atoms with E-state index in [4.69, 9.17) is 10.5 Å². The van der Waals surface area contributed by atoms with Crippen molar-refractivity contribution in [1.29, 1.82) is 0 Å². The lowest BCUT2D eigenvalue weighted by molar-refractivity contribution is -0.137. The molecule has 0 aliphatic rings. The Kier molecular flexibility index (Phi) is 5.51. The van der Waals surface area contributed by atoms with Gasteiger partial charge in [-0.1, -0.05) is 36.4 Å². The van der Waals surface area contributed by atoms with E-state index in [1.54, 1.807) is 36.4 Å². The molecule has 0 aliphatic carbocycles. The number of nitrogens with two attached hydrogens (primary N) is 1. The van der Waals surface area contributed by atoms with E-state index in [-0.39, 0.29) is 28.4 Å². The molecule has 0 bridgehead atoms. The fraction of sp³-hybridized carbons (Fsp3) is 0.0400. The van der Waals surface area contributed by atoms with Crippen LogP contribution in [0.25, 0.3) is 28.1 Å². The van der Waals surface area contributed by atoms with Crippen LogP contribution in [-0.2, 0) is 6.18 Å². The van der Waals surface area contributed by atoms with Gasteiger partial charge in [0.1, 0.15) is 28.7 Å². The standard InChI is InChI=1S/C25H16F3N5O3/c26-25(27,28)15-7-5-8-16(13-15)33-21(29)19-20(31-24(33)35)23(34)32-22(30-19)14-6-4-11-18(12-14)36-17-9-2-1-3-10-17/h1-13H,29H2,(H,30,32,34). The summed E-state index contributed by atoms with van der Waals surface area (Å²) in [6.45, 7) is 0. The zero-order chi connectivity index (χ0) is 25.4. The van der Waals surface area contributed by atoms with E-state index in [2.05, 4.69) is 15.0 Å².